The fraction of sp³-hybridized carbons (Fsp3) is 0.0400. The summed E-state index contributed by atoms with van der Waals surface area (Å²) in [6, 6.07) is 28.8. The lowest BCUT2D eigenvalue weighted by Crippen LogP contribution is -2.12. The Kier molecular flexibility index (Phi) is 6.01. The number of carbonyl (C=O) groups excluding carboxylic acids is 1. The zero-order chi connectivity index (χ0) is 20.6. The lowest BCUT2D eigenvalue weighted by atomic mass is 10.2. The van der Waals surface area contributed by atoms with Crippen molar-refractivity contribution in [3.05, 3.63) is 115 Å². The first-order valence-corrected chi connectivity index (χ1v) is 9.61. The Morgan fingerprint density at radius 3 is 2.20 bits per heavy atom. The number of nitrogens with zero attached hydrogens (tertiary/aromatic N) is 1. The number of pyridine rings is 1. The van der Waals surface area contributed by atoms with E-state index in [1.165, 1.54) is 0 Å². The predicted molar refractivity (Wildman–Crippen MR) is 119 cm³/mol. The van der Waals surface area contributed by atoms with Gasteiger partial charge < -0.3 is 15.4 Å². The quantitative estimate of drug-likeness (QED) is 0.424. The number of benzene rings is 3. The molecule has 0 atom stereocenters. The lowest BCUT2D eigenvalue weighted by molar-refractivity contribution is 0.102. The van der Waals surface area contributed by atoms with Crippen LogP contribution in [0.3, 0.4) is 0 Å². The van der Waals surface area contributed by atoms with Crippen LogP contribution in [0, 0.1) is 0 Å². The molecule has 1 aromatic heterocycles. The summed E-state index contributed by atoms with van der Waals surface area (Å²) in [7, 11) is 0. The van der Waals surface area contributed by atoms with Crippen molar-refractivity contribution in [2.45, 2.75) is 6.61 Å². The molecule has 0 aliphatic rings. The van der Waals surface area contributed by atoms with E-state index in [-0.39, 0.29) is 5.91 Å². The molecule has 0 aliphatic carbocycles. The largest absolute Gasteiger partial charge is 0.489 e. The molecule has 0 saturated heterocycles. The fourth-order valence-electron chi connectivity index (χ4n) is 2.90. The first-order valence-electron chi connectivity index (χ1n) is 9.61. The van der Waals surface area contributed by atoms with Gasteiger partial charge in [-0.1, -0.05) is 48.5 Å². The second kappa shape index (κ2) is 9.39. The van der Waals surface area contributed by atoms with Gasteiger partial charge in [0.25, 0.3) is 5.91 Å². The number of hydrogen-bond donors (Lipinski definition) is 2. The third kappa shape index (κ3) is 5.23. The first kappa shape index (κ1) is 19.2. The molecule has 0 bridgehead atoms. The summed E-state index contributed by atoms with van der Waals surface area (Å²) in [6.45, 7) is 0.499. The average molecular weight is 395 g/mol. The second-order valence-corrected chi connectivity index (χ2v) is 6.71. The van der Waals surface area contributed by atoms with Crippen LogP contribution in [0.1, 0.15) is 15.9 Å². The second-order valence-electron chi connectivity index (χ2n) is 6.71. The van der Waals surface area contributed by atoms with Gasteiger partial charge in [0.15, 0.2) is 0 Å². The van der Waals surface area contributed by atoms with Gasteiger partial charge in [0.1, 0.15) is 12.4 Å². The number of carbonyl (C=O) groups is 1. The van der Waals surface area contributed by atoms with Crippen LogP contribution in [-0.4, -0.2) is 10.9 Å². The molecule has 0 spiro atoms. The standard InChI is InChI=1S/C25H21N3O2/c29-25(20-15-23(17-26-16-20)27-21-9-5-2-6-10-21)28-22-11-13-24(14-12-22)30-18-19-7-3-1-4-8-19/h1-17,27H,18H2,(H,28,29). The van der Waals surface area contributed by atoms with Gasteiger partial charge in [0.05, 0.1) is 17.4 Å². The molecule has 3 aromatic carbocycles. The van der Waals surface area contributed by atoms with E-state index in [2.05, 4.69) is 15.6 Å². The molecular formula is C25H21N3O2. The van der Waals surface area contributed by atoms with Crippen molar-refractivity contribution in [3.8, 4) is 5.75 Å². The molecule has 5 nitrogen and oxygen atoms in total. The van der Waals surface area contributed by atoms with Crippen LogP contribution in [0.5, 0.6) is 5.75 Å². The normalized spacial score (nSPS) is 10.3. The Labute approximate surface area is 175 Å². The van der Waals surface area contributed by atoms with E-state index < -0.39 is 0 Å². The van der Waals surface area contributed by atoms with Gasteiger partial charge in [-0.25, -0.2) is 0 Å². The minimum Gasteiger partial charge on any atom is -0.489 e. The molecule has 0 aliphatic heterocycles. The molecule has 4 rings (SSSR count). The maximum absolute atomic E-state index is 12.6. The van der Waals surface area contributed by atoms with Gasteiger partial charge >= 0.3 is 0 Å². The molecule has 0 unspecified atom stereocenters. The van der Waals surface area contributed by atoms with Gasteiger partial charge in [-0.15, -0.1) is 0 Å². The Balaban J connectivity index is 1.36. The first-order chi connectivity index (χ1) is 14.8. The predicted octanol–water partition coefficient (Wildman–Crippen LogP) is 5.66. The van der Waals surface area contributed by atoms with Crippen LogP contribution in [0.4, 0.5) is 17.1 Å². The van der Waals surface area contributed by atoms with Gasteiger partial charge in [-0.05, 0) is 48.0 Å². The number of aromatic nitrogens is 1. The molecule has 148 valence electrons. The molecule has 1 heterocycles. The highest BCUT2D eigenvalue weighted by Crippen LogP contribution is 2.19. The zero-order valence-corrected chi connectivity index (χ0v) is 16.3. The number of hydrogen-bond acceptors (Lipinski definition) is 4. The van der Waals surface area contributed by atoms with Crippen LogP contribution >= 0.6 is 0 Å². The molecular weight excluding hydrogens is 374 g/mol. The highest BCUT2D eigenvalue weighted by atomic mass is 16.5. The number of ether oxygens (including phenoxy) is 1. The SMILES string of the molecule is O=C(Nc1ccc(OCc2ccccc2)cc1)c1cncc(Nc2ccccc2)c1. The minimum absolute atomic E-state index is 0.225. The summed E-state index contributed by atoms with van der Waals surface area (Å²) in [5.74, 6) is 0.518. The topological polar surface area (TPSA) is 63.2 Å². The van der Waals surface area contributed by atoms with Gasteiger partial charge in [0, 0.05) is 17.6 Å². The number of para-hydroxylation sites is 1. The molecule has 0 saturated carbocycles. The summed E-state index contributed by atoms with van der Waals surface area (Å²) in [5.41, 5.74) is 3.95. The molecule has 1 amide bonds. The Hall–Kier alpha value is -4.12. The van der Waals surface area contributed by atoms with Crippen molar-refractivity contribution >= 4 is 23.0 Å². The lowest BCUT2D eigenvalue weighted by Gasteiger charge is -2.10. The van der Waals surface area contributed by atoms with Crippen molar-refractivity contribution in [2.75, 3.05) is 10.6 Å². The molecule has 5 heteroatoms. The number of amides is 1. The summed E-state index contributed by atoms with van der Waals surface area (Å²) in [5, 5.41) is 6.13. The van der Waals surface area contributed by atoms with Gasteiger partial charge in [0.2, 0.25) is 0 Å². The fourth-order valence-corrected chi connectivity index (χ4v) is 2.90. The van der Waals surface area contributed by atoms with Crippen LogP contribution in [0.25, 0.3) is 0 Å². The number of anilines is 3. The Bertz CT molecular complexity index is 1100. The third-order valence-corrected chi connectivity index (χ3v) is 4.42. The van der Waals surface area contributed by atoms with Crippen molar-refractivity contribution in [2.24, 2.45) is 0 Å². The molecule has 2 N–H and O–H groups in total. The van der Waals surface area contributed by atoms with Gasteiger partial charge in [-0.3, -0.25) is 9.78 Å². The maximum Gasteiger partial charge on any atom is 0.257 e. The van der Waals surface area contributed by atoms with E-state index in [9.17, 15) is 4.79 Å². The summed E-state index contributed by atoms with van der Waals surface area (Å²) < 4.78 is 5.78. The smallest absolute Gasteiger partial charge is 0.257 e. The van der Waals surface area contributed by atoms with Crippen LogP contribution in [0.15, 0.2) is 103 Å². The summed E-state index contributed by atoms with van der Waals surface area (Å²) in [4.78, 5) is 16.8. The van der Waals surface area contributed by atoms with E-state index in [1.807, 2.05) is 84.9 Å². The highest BCUT2D eigenvalue weighted by Gasteiger charge is 2.08. The highest BCUT2D eigenvalue weighted by molar-refractivity contribution is 6.04. The Morgan fingerprint density at radius 2 is 1.47 bits per heavy atom. The number of nitrogens with one attached hydrogen (secondary N) is 2. The number of rotatable bonds is 7. The van der Waals surface area contributed by atoms with E-state index in [0.717, 1.165) is 22.7 Å². The third-order valence-electron chi connectivity index (χ3n) is 4.42. The average Bonchev–Trinajstić information content (AvgIpc) is 2.80. The van der Waals surface area contributed by atoms with E-state index in [4.69, 9.17) is 4.74 Å². The minimum atomic E-state index is -0.225. The molecule has 0 fully saturated rings. The van der Waals surface area contributed by atoms with E-state index in [1.54, 1.807) is 18.5 Å². The van der Waals surface area contributed by atoms with Crippen molar-refractivity contribution in [1.82, 2.24) is 4.98 Å². The van der Waals surface area contributed by atoms with Crippen molar-refractivity contribution in [1.29, 1.82) is 0 Å². The molecule has 4 aromatic rings. The summed E-state index contributed by atoms with van der Waals surface area (Å²) >= 11 is 0. The zero-order valence-electron chi connectivity index (χ0n) is 16.3. The van der Waals surface area contributed by atoms with E-state index >= 15 is 0 Å². The van der Waals surface area contributed by atoms with E-state index in [0.29, 0.717) is 17.9 Å². The monoisotopic (exact) mass is 395 g/mol. The molecule has 0 radical (unpaired) electrons. The summed E-state index contributed by atoms with van der Waals surface area (Å²) in [6.07, 6.45) is 3.23. The molecule has 30 heavy (non-hydrogen) atoms. The van der Waals surface area contributed by atoms with Crippen molar-refractivity contribution < 1.29 is 9.53 Å². The van der Waals surface area contributed by atoms with Gasteiger partial charge in [-0.2, -0.15) is 0 Å². The van der Waals surface area contributed by atoms with Crippen LogP contribution in [0.2, 0.25) is 0 Å². The van der Waals surface area contributed by atoms with Crippen molar-refractivity contribution in [3.63, 3.8) is 0 Å². The van der Waals surface area contributed by atoms with Crippen LogP contribution < -0.4 is 15.4 Å². The van der Waals surface area contributed by atoms with Crippen LogP contribution in [-0.2, 0) is 6.61 Å². The Morgan fingerprint density at radius 1 is 0.767 bits per heavy atom. The maximum atomic E-state index is 12.6.